The second-order valence-electron chi connectivity index (χ2n) is 6.15. The van der Waals surface area contributed by atoms with E-state index in [1.165, 1.54) is 11.3 Å². The molecule has 0 unspecified atom stereocenters. The van der Waals surface area contributed by atoms with Crippen molar-refractivity contribution in [2.24, 2.45) is 5.41 Å². The first kappa shape index (κ1) is 15.6. The van der Waals surface area contributed by atoms with Crippen LogP contribution in [-0.2, 0) is 10.2 Å². The number of amides is 1. The van der Waals surface area contributed by atoms with E-state index in [0.29, 0.717) is 4.88 Å². The Morgan fingerprint density at radius 2 is 1.89 bits per heavy atom. The molecule has 0 saturated carbocycles. The number of nitrogens with one attached hydrogen (secondary N) is 1. The average molecular weight is 284 g/mol. The molecule has 5 nitrogen and oxygen atoms in total. The van der Waals surface area contributed by atoms with Crippen LogP contribution >= 0.6 is 11.3 Å². The predicted octanol–water partition coefficient (Wildman–Crippen LogP) is 2.28. The number of carbonyl (C=O) groups excluding carboxylic acids is 1. The summed E-state index contributed by atoms with van der Waals surface area (Å²) in [5.41, 5.74) is 1.18. The Morgan fingerprint density at radius 1 is 1.32 bits per heavy atom. The molecule has 0 saturated heterocycles. The minimum atomic E-state index is -0.984. The lowest BCUT2D eigenvalue weighted by Gasteiger charge is -2.21. The smallest absolute Gasteiger partial charge is 0.310 e. The molecule has 1 rings (SSSR count). The van der Waals surface area contributed by atoms with Gasteiger partial charge in [-0.1, -0.05) is 20.8 Å². The Labute approximate surface area is 117 Å². The van der Waals surface area contributed by atoms with Gasteiger partial charge in [0.2, 0.25) is 0 Å². The molecule has 106 valence electrons. The van der Waals surface area contributed by atoms with E-state index < -0.39 is 11.4 Å². The number of aliphatic carboxylic acids is 1. The minimum absolute atomic E-state index is 0.0860. The van der Waals surface area contributed by atoms with Crippen LogP contribution in [-0.4, -0.2) is 28.5 Å². The topological polar surface area (TPSA) is 79.3 Å². The highest BCUT2D eigenvalue weighted by molar-refractivity contribution is 7.11. The first-order valence-electron chi connectivity index (χ1n) is 6.01. The first-order chi connectivity index (χ1) is 8.55. The van der Waals surface area contributed by atoms with E-state index in [0.717, 1.165) is 5.69 Å². The number of aromatic nitrogens is 1. The molecule has 1 heterocycles. The van der Waals surface area contributed by atoms with E-state index in [-0.39, 0.29) is 17.9 Å². The van der Waals surface area contributed by atoms with Crippen molar-refractivity contribution in [1.82, 2.24) is 10.3 Å². The summed E-state index contributed by atoms with van der Waals surface area (Å²) in [6.45, 7) is 9.20. The van der Waals surface area contributed by atoms with Gasteiger partial charge in [0.15, 0.2) is 0 Å². The lowest BCUT2D eigenvalue weighted by atomic mass is 9.91. The van der Waals surface area contributed by atoms with Crippen molar-refractivity contribution >= 4 is 23.2 Å². The molecule has 0 bridgehead atoms. The molecular formula is C13H20N2O3S. The lowest BCUT2D eigenvalue weighted by molar-refractivity contribution is -0.146. The highest BCUT2D eigenvalue weighted by Gasteiger charge is 2.30. The summed E-state index contributed by atoms with van der Waals surface area (Å²) in [7, 11) is 0. The Morgan fingerprint density at radius 3 is 2.37 bits per heavy atom. The summed E-state index contributed by atoms with van der Waals surface area (Å²) >= 11 is 1.27. The number of carbonyl (C=O) groups is 2. The van der Waals surface area contributed by atoms with Crippen LogP contribution in [0.5, 0.6) is 0 Å². The van der Waals surface area contributed by atoms with E-state index in [9.17, 15) is 9.59 Å². The summed E-state index contributed by atoms with van der Waals surface area (Å²) in [6, 6.07) is 0. The normalized spacial score (nSPS) is 12.3. The second-order valence-corrected chi connectivity index (χ2v) is 7.01. The van der Waals surface area contributed by atoms with Crippen LogP contribution in [0.3, 0.4) is 0 Å². The molecule has 1 aromatic heterocycles. The number of hydrogen-bond acceptors (Lipinski definition) is 4. The third-order valence-electron chi connectivity index (χ3n) is 2.75. The molecular weight excluding hydrogens is 264 g/mol. The van der Waals surface area contributed by atoms with Crippen molar-refractivity contribution in [3.05, 3.63) is 16.1 Å². The maximum absolute atomic E-state index is 12.1. The quantitative estimate of drug-likeness (QED) is 0.889. The van der Waals surface area contributed by atoms with Gasteiger partial charge >= 0.3 is 5.97 Å². The van der Waals surface area contributed by atoms with Crippen molar-refractivity contribution in [2.45, 2.75) is 40.0 Å². The van der Waals surface area contributed by atoms with Crippen LogP contribution in [0.25, 0.3) is 0 Å². The first-order valence-corrected chi connectivity index (χ1v) is 6.89. The van der Waals surface area contributed by atoms with Gasteiger partial charge in [-0.05, 0) is 13.8 Å². The van der Waals surface area contributed by atoms with Gasteiger partial charge in [-0.3, -0.25) is 9.59 Å². The summed E-state index contributed by atoms with van der Waals surface area (Å²) in [5, 5.41) is 11.7. The number of rotatable bonds is 4. The third kappa shape index (κ3) is 3.76. The van der Waals surface area contributed by atoms with E-state index in [1.807, 2.05) is 20.8 Å². The molecule has 1 aromatic rings. The zero-order chi connectivity index (χ0) is 14.8. The standard InChI is InChI=1S/C13H20N2O3S/c1-12(2,3)9-8(19-7-15-9)10(16)14-6-13(4,5)11(17)18/h7H,6H2,1-5H3,(H,14,16)(H,17,18). The number of hydrogen-bond donors (Lipinski definition) is 2. The molecule has 19 heavy (non-hydrogen) atoms. The summed E-state index contributed by atoms with van der Waals surface area (Å²) < 4.78 is 0. The number of nitrogens with zero attached hydrogens (tertiary/aromatic N) is 1. The molecule has 0 aliphatic carbocycles. The van der Waals surface area contributed by atoms with Gasteiger partial charge in [-0.25, -0.2) is 4.98 Å². The van der Waals surface area contributed by atoms with Gasteiger partial charge in [0.05, 0.1) is 16.6 Å². The van der Waals surface area contributed by atoms with Crippen LogP contribution in [0.2, 0.25) is 0 Å². The van der Waals surface area contributed by atoms with Gasteiger partial charge in [0.1, 0.15) is 4.88 Å². The molecule has 0 aromatic carbocycles. The van der Waals surface area contributed by atoms with Crippen molar-refractivity contribution in [1.29, 1.82) is 0 Å². The van der Waals surface area contributed by atoms with Crippen LogP contribution in [0.15, 0.2) is 5.51 Å². The molecule has 0 fully saturated rings. The van der Waals surface area contributed by atoms with Crippen molar-refractivity contribution in [3.8, 4) is 0 Å². The maximum Gasteiger partial charge on any atom is 0.310 e. The van der Waals surface area contributed by atoms with E-state index in [2.05, 4.69) is 10.3 Å². The van der Waals surface area contributed by atoms with Crippen molar-refractivity contribution in [3.63, 3.8) is 0 Å². The highest BCUT2D eigenvalue weighted by Crippen LogP contribution is 2.27. The van der Waals surface area contributed by atoms with Gasteiger partial charge in [0.25, 0.3) is 5.91 Å². The van der Waals surface area contributed by atoms with Gasteiger partial charge in [0, 0.05) is 12.0 Å². The summed E-state index contributed by atoms with van der Waals surface area (Å²) in [6.07, 6.45) is 0. The Balaban J connectivity index is 2.81. The number of carboxylic acid groups (broad SMARTS) is 1. The number of thiazole rings is 1. The van der Waals surface area contributed by atoms with E-state index >= 15 is 0 Å². The van der Waals surface area contributed by atoms with Crippen LogP contribution in [0.1, 0.15) is 50.0 Å². The number of carboxylic acids is 1. The molecule has 0 radical (unpaired) electrons. The molecule has 0 atom stereocenters. The van der Waals surface area contributed by atoms with Crippen LogP contribution < -0.4 is 5.32 Å². The molecule has 2 N–H and O–H groups in total. The van der Waals surface area contributed by atoms with E-state index in [4.69, 9.17) is 5.11 Å². The second kappa shape index (κ2) is 5.28. The Hall–Kier alpha value is -1.43. The fourth-order valence-electron chi connectivity index (χ4n) is 1.40. The van der Waals surface area contributed by atoms with Crippen LogP contribution in [0.4, 0.5) is 0 Å². The average Bonchev–Trinajstić information content (AvgIpc) is 2.74. The third-order valence-corrected chi connectivity index (χ3v) is 3.58. The zero-order valence-electron chi connectivity index (χ0n) is 11.9. The Bertz CT molecular complexity index is 486. The zero-order valence-corrected chi connectivity index (χ0v) is 12.7. The summed E-state index contributed by atoms with van der Waals surface area (Å²) in [5.74, 6) is -1.20. The Kier molecular flexibility index (Phi) is 4.35. The van der Waals surface area contributed by atoms with Crippen molar-refractivity contribution in [2.75, 3.05) is 6.54 Å². The van der Waals surface area contributed by atoms with Gasteiger partial charge in [-0.2, -0.15) is 0 Å². The highest BCUT2D eigenvalue weighted by atomic mass is 32.1. The molecule has 6 heteroatoms. The van der Waals surface area contributed by atoms with Crippen LogP contribution in [0, 0.1) is 5.41 Å². The fraction of sp³-hybridized carbons (Fsp3) is 0.615. The SMILES string of the molecule is CC(C)(CNC(=O)c1scnc1C(C)(C)C)C(=O)O. The molecule has 0 spiro atoms. The largest absolute Gasteiger partial charge is 0.481 e. The van der Waals surface area contributed by atoms with Gasteiger partial charge in [-0.15, -0.1) is 11.3 Å². The van der Waals surface area contributed by atoms with Crippen molar-refractivity contribution < 1.29 is 14.7 Å². The fourth-order valence-corrected chi connectivity index (χ4v) is 2.31. The van der Waals surface area contributed by atoms with E-state index in [1.54, 1.807) is 19.4 Å². The monoisotopic (exact) mass is 284 g/mol. The molecule has 0 aliphatic rings. The molecule has 1 amide bonds. The van der Waals surface area contributed by atoms with Gasteiger partial charge < -0.3 is 10.4 Å². The maximum atomic E-state index is 12.1. The molecule has 0 aliphatic heterocycles. The minimum Gasteiger partial charge on any atom is -0.481 e. The summed E-state index contributed by atoms with van der Waals surface area (Å²) in [4.78, 5) is 27.9. The lowest BCUT2D eigenvalue weighted by Crippen LogP contribution is -2.39. The predicted molar refractivity (Wildman–Crippen MR) is 74.6 cm³/mol.